The number of benzene rings is 2. The molecule has 1 aliphatic heterocycles. The van der Waals surface area contributed by atoms with Gasteiger partial charge < -0.3 is 42.1 Å². The van der Waals surface area contributed by atoms with Crippen molar-refractivity contribution in [2.24, 2.45) is 11.7 Å². The number of phenolic OH excluding ortho intramolecular Hbond substituents is 1. The molecule has 13 nitrogen and oxygen atoms in total. The summed E-state index contributed by atoms with van der Waals surface area (Å²) < 4.78 is 63.5. The first-order valence-corrected chi connectivity index (χ1v) is 15.3. The van der Waals surface area contributed by atoms with E-state index in [9.17, 15) is 46.6 Å². The fraction of sp³-hybridized carbons (Fsp3) is 0.364. The number of aliphatic hydroxyl groups is 1. The van der Waals surface area contributed by atoms with Crippen molar-refractivity contribution in [3.05, 3.63) is 54.1 Å². The molecule has 9 N–H and O–H groups in total. The fourth-order valence-corrected chi connectivity index (χ4v) is 4.98. The van der Waals surface area contributed by atoms with E-state index in [4.69, 9.17) is 31.3 Å². The number of alkyl halides is 6. The highest BCUT2D eigenvalue weighted by atomic mass is 19.4. The quantitative estimate of drug-likeness (QED) is 0.149. The smallest absolute Gasteiger partial charge is 0.490 e. The summed E-state index contributed by atoms with van der Waals surface area (Å²) in [6.07, 6.45) is -7.86. The fourth-order valence-electron chi connectivity index (χ4n) is 4.98. The lowest BCUT2D eigenvalue weighted by atomic mass is 9.97. The number of halogens is 6. The first kappa shape index (κ1) is 42.6. The Balaban J connectivity index is 0.000000564. The summed E-state index contributed by atoms with van der Waals surface area (Å²) >= 11 is 0. The maximum Gasteiger partial charge on any atom is 0.490 e. The van der Waals surface area contributed by atoms with Crippen molar-refractivity contribution in [3.8, 4) is 34.2 Å². The summed E-state index contributed by atoms with van der Waals surface area (Å²) in [6.45, 7) is 4.77. The lowest BCUT2D eigenvalue weighted by Gasteiger charge is -2.28. The van der Waals surface area contributed by atoms with Gasteiger partial charge in [-0.3, -0.25) is 4.79 Å². The Kier molecular flexibility index (Phi) is 14.8. The van der Waals surface area contributed by atoms with Gasteiger partial charge in [-0.15, -0.1) is 0 Å². The number of aliphatic carboxylic acids is 2. The minimum Gasteiger partial charge on any atom is -0.507 e. The molecule has 0 radical (unpaired) electrons. The van der Waals surface area contributed by atoms with Crippen molar-refractivity contribution in [2.75, 3.05) is 29.1 Å². The molecule has 4 rings (SSSR count). The zero-order valence-electron chi connectivity index (χ0n) is 27.7. The number of nitriles is 1. The zero-order valence-corrected chi connectivity index (χ0v) is 27.7. The van der Waals surface area contributed by atoms with Gasteiger partial charge in [-0.05, 0) is 61.1 Å². The van der Waals surface area contributed by atoms with E-state index in [1.54, 1.807) is 36.4 Å². The molecule has 1 fully saturated rings. The van der Waals surface area contributed by atoms with Crippen LogP contribution in [0.15, 0.2) is 48.5 Å². The number of para-hydroxylation sites is 1. The second-order valence-electron chi connectivity index (χ2n) is 11.7. The van der Waals surface area contributed by atoms with Gasteiger partial charge in [-0.2, -0.15) is 31.6 Å². The van der Waals surface area contributed by atoms with E-state index in [0.29, 0.717) is 34.5 Å². The van der Waals surface area contributed by atoms with Gasteiger partial charge in [-0.25, -0.2) is 14.6 Å². The van der Waals surface area contributed by atoms with E-state index in [1.165, 1.54) is 0 Å². The summed E-state index contributed by atoms with van der Waals surface area (Å²) in [7, 11) is 0. The number of amides is 1. The Morgan fingerprint density at radius 3 is 2.10 bits per heavy atom. The molecule has 0 saturated carbocycles. The van der Waals surface area contributed by atoms with Gasteiger partial charge in [-0.1, -0.05) is 32.0 Å². The van der Waals surface area contributed by atoms with Gasteiger partial charge in [0.05, 0.1) is 35.8 Å². The maximum atomic E-state index is 13.1. The van der Waals surface area contributed by atoms with Crippen LogP contribution in [-0.4, -0.2) is 80.8 Å². The number of hydrogen-bond donors (Lipinski definition) is 7. The molecule has 1 aromatic heterocycles. The predicted octanol–water partition coefficient (Wildman–Crippen LogP) is 5.11. The number of nitrogens with one attached hydrogen (secondary N) is 1. The van der Waals surface area contributed by atoms with E-state index >= 15 is 0 Å². The van der Waals surface area contributed by atoms with Crippen molar-refractivity contribution in [3.63, 3.8) is 0 Å². The first-order chi connectivity index (χ1) is 24.1. The van der Waals surface area contributed by atoms with Crippen molar-refractivity contribution >= 4 is 35.0 Å². The molecular formula is C33H36F6N6O7. The molecule has 0 unspecified atom stereocenters. The molecule has 52 heavy (non-hydrogen) atoms. The Morgan fingerprint density at radius 1 is 1.02 bits per heavy atom. The molecule has 0 spiro atoms. The highest BCUT2D eigenvalue weighted by Gasteiger charge is 2.39. The molecule has 0 bridgehead atoms. The van der Waals surface area contributed by atoms with Crippen molar-refractivity contribution in [2.45, 2.75) is 57.5 Å². The second kappa shape index (κ2) is 18.1. The number of anilines is 3. The topological polar surface area (TPSA) is 236 Å². The molecule has 282 valence electrons. The van der Waals surface area contributed by atoms with E-state index in [-0.39, 0.29) is 41.6 Å². The highest BCUT2D eigenvalue weighted by molar-refractivity contribution is 5.99. The number of carbonyl (C=O) groups excluding carboxylic acids is 1. The van der Waals surface area contributed by atoms with Gasteiger partial charge in [0.25, 0.3) is 0 Å². The Hall–Kier alpha value is -5.61. The van der Waals surface area contributed by atoms with Crippen molar-refractivity contribution in [1.29, 1.82) is 5.26 Å². The molecule has 3 aromatic rings. The summed E-state index contributed by atoms with van der Waals surface area (Å²) in [5, 5.41) is 47.4. The van der Waals surface area contributed by atoms with Gasteiger partial charge in [0.2, 0.25) is 5.91 Å². The average Bonchev–Trinajstić information content (AvgIpc) is 3.53. The Bertz CT molecular complexity index is 1760. The lowest BCUT2D eigenvalue weighted by Crippen LogP contribution is -2.38. The number of nitrogen functional groups attached to an aromatic ring is 1. The molecule has 1 aliphatic rings. The normalized spacial score (nSPS) is 14.7. The largest absolute Gasteiger partial charge is 0.507 e. The number of pyridine rings is 1. The Labute approximate surface area is 293 Å². The maximum absolute atomic E-state index is 13.1. The lowest BCUT2D eigenvalue weighted by molar-refractivity contribution is -0.193. The number of carboxylic acid groups (broad SMARTS) is 2. The number of aromatic hydroxyl groups is 1. The van der Waals surface area contributed by atoms with Crippen LogP contribution in [0.3, 0.4) is 0 Å². The summed E-state index contributed by atoms with van der Waals surface area (Å²) in [5.74, 6) is -5.48. The number of phenols is 1. The van der Waals surface area contributed by atoms with Crippen LogP contribution < -0.4 is 21.7 Å². The van der Waals surface area contributed by atoms with Crippen LogP contribution in [-0.2, 0) is 14.4 Å². The zero-order chi connectivity index (χ0) is 39.6. The van der Waals surface area contributed by atoms with Crippen LogP contribution in [0.5, 0.6) is 5.75 Å². The predicted molar refractivity (Wildman–Crippen MR) is 177 cm³/mol. The third-order valence-corrected chi connectivity index (χ3v) is 7.35. The molecule has 0 aliphatic carbocycles. The third kappa shape index (κ3) is 11.7. The summed E-state index contributed by atoms with van der Waals surface area (Å²) in [6, 6.07) is 15.4. The SMILES string of the molecule is CC(C)C[C@H](N)C(=O)Nc1cc(-c2cc(-c3ccccc3O)nc(N)c2C#N)ccc1N1CCC[C@H]1CO.O=C(O)C(F)(F)F.O=C(O)C(F)(F)F. The molecule has 2 heterocycles. The van der Waals surface area contributed by atoms with Gasteiger partial charge in [0.15, 0.2) is 0 Å². The summed E-state index contributed by atoms with van der Waals surface area (Å²) in [5.41, 5.74) is 15.9. The Morgan fingerprint density at radius 2 is 1.60 bits per heavy atom. The van der Waals surface area contributed by atoms with Gasteiger partial charge in [0.1, 0.15) is 23.2 Å². The number of nitrogens with zero attached hydrogens (tertiary/aromatic N) is 3. The monoisotopic (exact) mass is 742 g/mol. The average molecular weight is 743 g/mol. The molecule has 19 heteroatoms. The summed E-state index contributed by atoms with van der Waals surface area (Å²) in [4.78, 5) is 37.3. The molecule has 1 amide bonds. The second-order valence-corrected chi connectivity index (χ2v) is 11.7. The van der Waals surface area contributed by atoms with Crippen molar-refractivity contribution < 1.29 is 61.2 Å². The number of aliphatic hydroxyl groups excluding tert-OH is 1. The number of aromatic nitrogens is 1. The number of hydrogen-bond acceptors (Lipinski definition) is 10. The van der Waals surface area contributed by atoms with E-state index < -0.39 is 30.3 Å². The highest BCUT2D eigenvalue weighted by Crippen LogP contribution is 2.39. The number of nitrogens with two attached hydrogens (primary N) is 2. The van der Waals surface area contributed by atoms with Crippen LogP contribution in [0, 0.1) is 17.2 Å². The van der Waals surface area contributed by atoms with Gasteiger partial charge in [0, 0.05) is 17.7 Å². The van der Waals surface area contributed by atoms with E-state index in [1.807, 2.05) is 26.0 Å². The van der Waals surface area contributed by atoms with Crippen LogP contribution >= 0.6 is 0 Å². The van der Waals surface area contributed by atoms with Crippen molar-refractivity contribution in [1.82, 2.24) is 4.98 Å². The minimum absolute atomic E-state index is 0.00536. The van der Waals surface area contributed by atoms with Crippen LogP contribution in [0.1, 0.15) is 38.7 Å². The van der Waals surface area contributed by atoms with E-state index in [0.717, 1.165) is 25.1 Å². The third-order valence-electron chi connectivity index (χ3n) is 7.35. The minimum atomic E-state index is -5.08. The first-order valence-electron chi connectivity index (χ1n) is 15.3. The number of carboxylic acids is 2. The molecular weight excluding hydrogens is 706 g/mol. The van der Waals surface area contributed by atoms with Gasteiger partial charge >= 0.3 is 24.3 Å². The molecule has 2 aromatic carbocycles. The molecule has 1 saturated heterocycles. The van der Waals surface area contributed by atoms with Crippen LogP contribution in [0.2, 0.25) is 0 Å². The van der Waals surface area contributed by atoms with E-state index in [2.05, 4.69) is 21.3 Å². The van der Waals surface area contributed by atoms with Crippen LogP contribution in [0.25, 0.3) is 22.4 Å². The van der Waals surface area contributed by atoms with Crippen LogP contribution in [0.4, 0.5) is 43.5 Å². The molecule has 2 atom stereocenters. The number of carbonyl (C=O) groups is 3. The standard InChI is InChI=1S/C29H34N6O3.2C2HF3O2/c1-17(2)12-23(31)29(38)34-25-13-18(9-10-26(25)35-11-5-6-19(35)16-36)21-14-24(33-28(32)22(21)15-30)20-7-3-4-8-27(20)37;2*3-2(4,5)1(6)7/h3-4,7-10,13-14,17,19,23,36-37H,5-6,11-12,16,31H2,1-2H3,(H2,32,33)(H,34,38);2*(H,6,7)/t19-,23-;;/m0../s1. The number of rotatable bonds is 8.